The maximum Gasteiger partial charge on any atom is -0.0351 e. The van der Waals surface area contributed by atoms with E-state index in [4.69, 9.17) is 0 Å². The van der Waals surface area contributed by atoms with E-state index in [1.165, 1.54) is 64.2 Å². The van der Waals surface area contributed by atoms with Crippen molar-refractivity contribution in [2.45, 2.75) is 78.1 Å². The Kier molecular flexibility index (Phi) is 14.0. The van der Waals surface area contributed by atoms with Crippen molar-refractivity contribution in [2.24, 2.45) is 0 Å². The quantitative estimate of drug-likeness (QED) is 0.295. The van der Waals surface area contributed by atoms with E-state index in [1.54, 1.807) is 0 Å². The van der Waals surface area contributed by atoms with Crippen LogP contribution in [-0.2, 0) is 0 Å². The van der Waals surface area contributed by atoms with Crippen LogP contribution < -0.4 is 0 Å². The average Bonchev–Trinajstić information content (AvgIpc) is 2.31. The highest BCUT2D eigenvalue weighted by Gasteiger charge is 1.85. The fourth-order valence-corrected chi connectivity index (χ4v) is 1.73. The Morgan fingerprint density at radius 2 is 1.06 bits per heavy atom. The molecule has 0 fully saturated rings. The number of hydrogen-bond acceptors (Lipinski definition) is 0. The van der Waals surface area contributed by atoms with Gasteiger partial charge < -0.3 is 0 Å². The molecular weight excluding hydrogens is 192 g/mol. The van der Waals surface area contributed by atoms with Gasteiger partial charge in [-0.3, -0.25) is 0 Å². The predicted octanol–water partition coefficient (Wildman–Crippen LogP) is 6.04. The summed E-state index contributed by atoms with van der Waals surface area (Å²) < 4.78 is 0. The molecule has 16 heavy (non-hydrogen) atoms. The van der Waals surface area contributed by atoms with Crippen LogP contribution in [0.3, 0.4) is 0 Å². The second-order valence-electron chi connectivity index (χ2n) is 4.48. The van der Waals surface area contributed by atoms with Crippen LogP contribution in [0.4, 0.5) is 0 Å². The minimum Gasteiger partial charge on any atom is -0.0888 e. The molecule has 0 nitrogen and oxygen atoms in total. The van der Waals surface area contributed by atoms with E-state index in [2.05, 4.69) is 38.2 Å². The summed E-state index contributed by atoms with van der Waals surface area (Å²) in [4.78, 5) is 0. The van der Waals surface area contributed by atoms with Crippen LogP contribution in [0.5, 0.6) is 0 Å². The lowest BCUT2D eigenvalue weighted by Crippen LogP contribution is -1.75. The molecule has 0 aliphatic heterocycles. The van der Waals surface area contributed by atoms with Gasteiger partial charge in [0, 0.05) is 0 Å². The Morgan fingerprint density at radius 3 is 1.56 bits per heavy atom. The lowest BCUT2D eigenvalue weighted by atomic mass is 10.1. The minimum absolute atomic E-state index is 1.18. The van der Waals surface area contributed by atoms with Gasteiger partial charge in [-0.2, -0.15) is 0 Å². The highest BCUT2D eigenvalue weighted by atomic mass is 13.9. The van der Waals surface area contributed by atoms with Crippen molar-refractivity contribution < 1.29 is 0 Å². The maximum atomic E-state index is 2.37. The lowest BCUT2D eigenvalue weighted by Gasteiger charge is -1.95. The molecule has 0 saturated heterocycles. The van der Waals surface area contributed by atoms with E-state index in [9.17, 15) is 0 Å². The SMILES string of the molecule is CC/C=C/CCCC/C=C/CCCCCC. The minimum atomic E-state index is 1.18. The number of rotatable bonds is 11. The first kappa shape index (κ1) is 15.5. The van der Waals surface area contributed by atoms with Crippen LogP contribution >= 0.6 is 0 Å². The van der Waals surface area contributed by atoms with Crippen molar-refractivity contribution in [3.8, 4) is 0 Å². The highest BCUT2D eigenvalue weighted by Crippen LogP contribution is 2.05. The van der Waals surface area contributed by atoms with Gasteiger partial charge in [0.25, 0.3) is 0 Å². The molecule has 0 rings (SSSR count). The molecule has 0 saturated carbocycles. The zero-order valence-electron chi connectivity index (χ0n) is 11.4. The average molecular weight is 222 g/mol. The summed E-state index contributed by atoms with van der Waals surface area (Å²) in [5.74, 6) is 0. The van der Waals surface area contributed by atoms with E-state index in [0.29, 0.717) is 0 Å². The third kappa shape index (κ3) is 13.5. The molecule has 0 aromatic rings. The van der Waals surface area contributed by atoms with Crippen molar-refractivity contribution in [3.63, 3.8) is 0 Å². The van der Waals surface area contributed by atoms with Gasteiger partial charge >= 0.3 is 0 Å². The summed E-state index contributed by atoms with van der Waals surface area (Å²) in [5, 5.41) is 0. The molecule has 0 amide bonds. The fraction of sp³-hybridized carbons (Fsp3) is 0.750. The monoisotopic (exact) mass is 222 g/mol. The Balaban J connectivity index is 3.06. The van der Waals surface area contributed by atoms with Crippen molar-refractivity contribution in [3.05, 3.63) is 24.3 Å². The third-order valence-corrected chi connectivity index (χ3v) is 2.78. The van der Waals surface area contributed by atoms with Gasteiger partial charge in [0.2, 0.25) is 0 Å². The van der Waals surface area contributed by atoms with Crippen molar-refractivity contribution in [2.75, 3.05) is 0 Å². The van der Waals surface area contributed by atoms with Crippen LogP contribution in [-0.4, -0.2) is 0 Å². The molecule has 0 atom stereocenters. The van der Waals surface area contributed by atoms with Crippen molar-refractivity contribution in [1.82, 2.24) is 0 Å². The molecule has 0 N–H and O–H groups in total. The van der Waals surface area contributed by atoms with Gasteiger partial charge in [0.1, 0.15) is 0 Å². The zero-order chi connectivity index (χ0) is 11.9. The normalized spacial score (nSPS) is 11.9. The highest BCUT2D eigenvalue weighted by molar-refractivity contribution is 4.83. The number of allylic oxidation sites excluding steroid dienone is 4. The predicted molar refractivity (Wildman–Crippen MR) is 75.8 cm³/mol. The van der Waals surface area contributed by atoms with Gasteiger partial charge in [-0.15, -0.1) is 0 Å². The number of unbranched alkanes of at least 4 members (excludes halogenated alkanes) is 7. The maximum absolute atomic E-state index is 2.37. The van der Waals surface area contributed by atoms with E-state index < -0.39 is 0 Å². The van der Waals surface area contributed by atoms with Crippen LogP contribution in [0, 0.1) is 0 Å². The Labute approximate surface area is 103 Å². The molecule has 0 heteroatoms. The Morgan fingerprint density at radius 1 is 0.562 bits per heavy atom. The van der Waals surface area contributed by atoms with Crippen LogP contribution in [0.2, 0.25) is 0 Å². The van der Waals surface area contributed by atoms with Gasteiger partial charge in [0.05, 0.1) is 0 Å². The van der Waals surface area contributed by atoms with Gasteiger partial charge in [-0.25, -0.2) is 0 Å². The molecule has 0 radical (unpaired) electrons. The summed E-state index contributed by atoms with van der Waals surface area (Å²) in [6.07, 6.45) is 22.5. The zero-order valence-corrected chi connectivity index (χ0v) is 11.4. The molecular formula is C16H30. The molecule has 0 aromatic carbocycles. The molecule has 0 aliphatic rings. The first-order chi connectivity index (χ1) is 7.91. The summed E-state index contributed by atoms with van der Waals surface area (Å²) in [6, 6.07) is 0. The van der Waals surface area contributed by atoms with Gasteiger partial charge in [0.15, 0.2) is 0 Å². The molecule has 0 unspecified atom stereocenters. The largest absolute Gasteiger partial charge is 0.0888 e. The smallest absolute Gasteiger partial charge is 0.0351 e. The molecule has 0 aromatic heterocycles. The summed E-state index contributed by atoms with van der Waals surface area (Å²) in [5.41, 5.74) is 0. The standard InChI is InChI=1S/C16H30/c1-3-5-7-9-11-13-15-16-14-12-10-8-6-4-2/h5,7,14,16H,3-4,6,8-13,15H2,1-2H3/b7-5+,16-14+. The third-order valence-electron chi connectivity index (χ3n) is 2.78. The Bertz CT molecular complexity index is 165. The molecule has 94 valence electrons. The van der Waals surface area contributed by atoms with Crippen LogP contribution in [0.25, 0.3) is 0 Å². The second-order valence-corrected chi connectivity index (χ2v) is 4.48. The first-order valence-corrected chi connectivity index (χ1v) is 7.21. The van der Waals surface area contributed by atoms with Gasteiger partial charge in [-0.1, -0.05) is 57.4 Å². The summed E-state index contributed by atoms with van der Waals surface area (Å²) >= 11 is 0. The molecule has 0 aliphatic carbocycles. The molecule has 0 bridgehead atoms. The van der Waals surface area contributed by atoms with Crippen LogP contribution in [0.15, 0.2) is 24.3 Å². The van der Waals surface area contributed by atoms with Crippen molar-refractivity contribution >= 4 is 0 Å². The topological polar surface area (TPSA) is 0 Å². The second kappa shape index (κ2) is 14.5. The molecule has 0 heterocycles. The summed E-state index contributed by atoms with van der Waals surface area (Å²) in [6.45, 7) is 4.46. The van der Waals surface area contributed by atoms with Crippen LogP contribution in [0.1, 0.15) is 78.1 Å². The van der Waals surface area contributed by atoms with E-state index >= 15 is 0 Å². The van der Waals surface area contributed by atoms with Crippen molar-refractivity contribution in [1.29, 1.82) is 0 Å². The lowest BCUT2D eigenvalue weighted by molar-refractivity contribution is 0.673. The van der Waals surface area contributed by atoms with E-state index in [1.807, 2.05) is 0 Å². The van der Waals surface area contributed by atoms with Gasteiger partial charge in [-0.05, 0) is 44.9 Å². The Hall–Kier alpha value is -0.520. The molecule has 0 spiro atoms. The van der Waals surface area contributed by atoms with E-state index in [0.717, 1.165) is 0 Å². The first-order valence-electron chi connectivity index (χ1n) is 7.21. The fourth-order valence-electron chi connectivity index (χ4n) is 1.73. The van der Waals surface area contributed by atoms with E-state index in [-0.39, 0.29) is 0 Å². The number of hydrogen-bond donors (Lipinski definition) is 0. The summed E-state index contributed by atoms with van der Waals surface area (Å²) in [7, 11) is 0.